The number of halogens is 2. The third-order valence-corrected chi connectivity index (χ3v) is 4.54. The number of benzene rings is 2. The Bertz CT molecular complexity index is 685. The Kier molecular flexibility index (Phi) is 6.96. The molecule has 0 saturated heterocycles. The molecule has 120 valence electrons. The first-order valence-corrected chi connectivity index (χ1v) is 8.76. The zero-order valence-electron chi connectivity index (χ0n) is 12.6. The fourth-order valence-electron chi connectivity index (χ4n) is 1.75. The average molecular weight is 367 g/mol. The fraction of sp³-hybridized carbons (Fsp3) is 0.176. The smallest absolute Gasteiger partial charge is 0.240 e. The third-order valence-electron chi connectivity index (χ3n) is 3.02. The number of hydrogen-bond donors (Lipinski definition) is 1. The lowest BCUT2D eigenvalue weighted by atomic mass is 10.1. The predicted molar refractivity (Wildman–Crippen MR) is 98.6 cm³/mol. The molecule has 23 heavy (non-hydrogen) atoms. The molecule has 0 radical (unpaired) electrons. The fourth-order valence-corrected chi connectivity index (χ4v) is 2.85. The molecule has 1 N–H and O–H groups in total. The Labute approximate surface area is 150 Å². The largest absolute Gasteiger partial charge is 0.273 e. The molecule has 6 heteroatoms. The number of rotatable bonds is 6. The van der Waals surface area contributed by atoms with E-state index in [-0.39, 0.29) is 5.91 Å². The van der Waals surface area contributed by atoms with Crippen LogP contribution in [0.5, 0.6) is 0 Å². The van der Waals surface area contributed by atoms with Crippen molar-refractivity contribution < 1.29 is 4.79 Å². The van der Waals surface area contributed by atoms with Gasteiger partial charge in [-0.25, -0.2) is 5.43 Å². The van der Waals surface area contributed by atoms with Crippen molar-refractivity contribution in [2.24, 2.45) is 5.10 Å². The standard InChI is InChI=1S/C17H16Cl2N2OS/c1-12(13-2-4-14(18)5-3-13)20-21-17(22)10-11-23-16-8-6-15(19)7-9-16/h2-9H,10-11H2,1H3,(H,21,22)/b20-12-. The van der Waals surface area contributed by atoms with Crippen molar-refractivity contribution in [2.45, 2.75) is 18.2 Å². The maximum atomic E-state index is 11.8. The molecule has 0 atom stereocenters. The van der Waals surface area contributed by atoms with Crippen LogP contribution in [0.2, 0.25) is 10.0 Å². The predicted octanol–water partition coefficient (Wildman–Crippen LogP) is 5.02. The number of nitrogens with one attached hydrogen (secondary N) is 1. The lowest BCUT2D eigenvalue weighted by Crippen LogP contribution is -2.19. The van der Waals surface area contributed by atoms with Crippen LogP contribution >= 0.6 is 35.0 Å². The van der Waals surface area contributed by atoms with E-state index in [1.807, 2.05) is 43.3 Å². The van der Waals surface area contributed by atoms with Gasteiger partial charge in [0, 0.05) is 27.1 Å². The van der Waals surface area contributed by atoms with Crippen molar-refractivity contribution in [3.8, 4) is 0 Å². The van der Waals surface area contributed by atoms with Crippen LogP contribution < -0.4 is 5.43 Å². The maximum absolute atomic E-state index is 11.8. The number of carbonyl (C=O) groups is 1. The molecule has 0 aliphatic carbocycles. The minimum absolute atomic E-state index is 0.111. The zero-order valence-corrected chi connectivity index (χ0v) is 14.9. The molecule has 0 saturated carbocycles. The summed E-state index contributed by atoms with van der Waals surface area (Å²) in [6.45, 7) is 1.84. The van der Waals surface area contributed by atoms with Crippen LogP contribution in [0, 0.1) is 0 Å². The topological polar surface area (TPSA) is 41.5 Å². The SMILES string of the molecule is C/C(=N/NC(=O)CCSc1ccc(Cl)cc1)c1ccc(Cl)cc1. The van der Waals surface area contributed by atoms with Crippen molar-refractivity contribution in [3.05, 3.63) is 64.1 Å². The van der Waals surface area contributed by atoms with E-state index in [0.717, 1.165) is 16.2 Å². The van der Waals surface area contributed by atoms with E-state index in [0.29, 0.717) is 22.2 Å². The molecule has 2 aromatic rings. The lowest BCUT2D eigenvalue weighted by molar-refractivity contribution is -0.120. The number of hydrazone groups is 1. The zero-order chi connectivity index (χ0) is 16.7. The van der Waals surface area contributed by atoms with Crippen molar-refractivity contribution in [1.29, 1.82) is 0 Å². The highest BCUT2D eigenvalue weighted by Crippen LogP contribution is 2.20. The van der Waals surface area contributed by atoms with E-state index in [4.69, 9.17) is 23.2 Å². The van der Waals surface area contributed by atoms with Crippen LogP contribution in [0.3, 0.4) is 0 Å². The third kappa shape index (κ3) is 6.26. The molecule has 0 fully saturated rings. The summed E-state index contributed by atoms with van der Waals surface area (Å²) < 4.78 is 0. The Morgan fingerprint density at radius 2 is 1.61 bits per heavy atom. The number of hydrogen-bond acceptors (Lipinski definition) is 3. The highest BCUT2D eigenvalue weighted by atomic mass is 35.5. The van der Waals surface area contributed by atoms with Gasteiger partial charge in [-0.2, -0.15) is 5.10 Å². The first kappa shape index (κ1) is 17.9. The number of thioether (sulfide) groups is 1. The first-order chi connectivity index (χ1) is 11.0. The van der Waals surface area contributed by atoms with Gasteiger partial charge in [0.2, 0.25) is 5.91 Å². The molecule has 1 amide bonds. The van der Waals surface area contributed by atoms with Crippen LogP contribution in [0.1, 0.15) is 18.9 Å². The minimum Gasteiger partial charge on any atom is -0.273 e. The lowest BCUT2D eigenvalue weighted by Gasteiger charge is -2.04. The minimum atomic E-state index is -0.111. The van der Waals surface area contributed by atoms with E-state index in [2.05, 4.69) is 10.5 Å². The number of nitrogens with zero attached hydrogens (tertiary/aromatic N) is 1. The van der Waals surface area contributed by atoms with Crippen molar-refractivity contribution >= 4 is 46.6 Å². The van der Waals surface area contributed by atoms with Crippen LogP contribution in [-0.4, -0.2) is 17.4 Å². The van der Waals surface area contributed by atoms with E-state index in [9.17, 15) is 4.79 Å². The molecular formula is C17H16Cl2N2OS. The molecule has 0 unspecified atom stereocenters. The molecule has 0 aliphatic rings. The highest BCUT2D eigenvalue weighted by Gasteiger charge is 2.03. The number of amides is 1. The van der Waals surface area contributed by atoms with Gasteiger partial charge in [0.25, 0.3) is 0 Å². The van der Waals surface area contributed by atoms with Gasteiger partial charge >= 0.3 is 0 Å². The van der Waals surface area contributed by atoms with Crippen LogP contribution in [-0.2, 0) is 4.79 Å². The first-order valence-electron chi connectivity index (χ1n) is 7.02. The van der Waals surface area contributed by atoms with Gasteiger partial charge in [-0.05, 0) is 48.9 Å². The van der Waals surface area contributed by atoms with Gasteiger partial charge in [0.05, 0.1) is 5.71 Å². The summed E-state index contributed by atoms with van der Waals surface area (Å²) in [6.07, 6.45) is 0.394. The van der Waals surface area contributed by atoms with Crippen molar-refractivity contribution in [3.63, 3.8) is 0 Å². The van der Waals surface area contributed by atoms with Gasteiger partial charge in [0.1, 0.15) is 0 Å². The van der Waals surface area contributed by atoms with E-state index in [1.165, 1.54) is 0 Å². The summed E-state index contributed by atoms with van der Waals surface area (Å²) in [5, 5.41) is 5.49. The second kappa shape index (κ2) is 8.96. The van der Waals surface area contributed by atoms with Gasteiger partial charge in [-0.3, -0.25) is 4.79 Å². The molecule has 2 aromatic carbocycles. The summed E-state index contributed by atoms with van der Waals surface area (Å²) in [5.74, 6) is 0.572. The van der Waals surface area contributed by atoms with Crippen molar-refractivity contribution in [1.82, 2.24) is 5.43 Å². The monoisotopic (exact) mass is 366 g/mol. The summed E-state index contributed by atoms with van der Waals surface area (Å²) in [7, 11) is 0. The molecule has 3 nitrogen and oxygen atoms in total. The Morgan fingerprint density at radius 1 is 1.04 bits per heavy atom. The van der Waals surface area contributed by atoms with Crippen LogP contribution in [0.15, 0.2) is 58.5 Å². The Morgan fingerprint density at radius 3 is 2.22 bits per heavy atom. The molecule has 0 spiro atoms. The molecular weight excluding hydrogens is 351 g/mol. The quantitative estimate of drug-likeness (QED) is 0.443. The number of carbonyl (C=O) groups excluding carboxylic acids is 1. The molecule has 0 aromatic heterocycles. The molecule has 0 aliphatic heterocycles. The molecule has 0 bridgehead atoms. The van der Waals surface area contributed by atoms with Gasteiger partial charge < -0.3 is 0 Å². The highest BCUT2D eigenvalue weighted by molar-refractivity contribution is 7.99. The maximum Gasteiger partial charge on any atom is 0.240 e. The van der Waals surface area contributed by atoms with Crippen molar-refractivity contribution in [2.75, 3.05) is 5.75 Å². The van der Waals surface area contributed by atoms with Gasteiger partial charge in [0.15, 0.2) is 0 Å². The van der Waals surface area contributed by atoms with Gasteiger partial charge in [-0.1, -0.05) is 35.3 Å². The average Bonchev–Trinajstić information content (AvgIpc) is 2.55. The molecule has 0 heterocycles. The summed E-state index contributed by atoms with van der Waals surface area (Å²) in [4.78, 5) is 12.9. The Hall–Kier alpha value is -1.49. The normalized spacial score (nSPS) is 11.3. The Balaban J connectivity index is 1.77. The summed E-state index contributed by atoms with van der Waals surface area (Å²) >= 11 is 13.3. The summed E-state index contributed by atoms with van der Waals surface area (Å²) in [6, 6.07) is 14.9. The van der Waals surface area contributed by atoms with E-state index >= 15 is 0 Å². The van der Waals surface area contributed by atoms with Crippen LogP contribution in [0.4, 0.5) is 0 Å². The summed E-state index contributed by atoms with van der Waals surface area (Å²) in [5.41, 5.74) is 4.23. The van der Waals surface area contributed by atoms with Crippen LogP contribution in [0.25, 0.3) is 0 Å². The second-order valence-corrected chi connectivity index (χ2v) is 6.83. The van der Waals surface area contributed by atoms with E-state index in [1.54, 1.807) is 23.9 Å². The second-order valence-electron chi connectivity index (χ2n) is 4.79. The van der Waals surface area contributed by atoms with E-state index < -0.39 is 0 Å². The van der Waals surface area contributed by atoms with Gasteiger partial charge in [-0.15, -0.1) is 11.8 Å². The molecule has 2 rings (SSSR count).